The van der Waals surface area contributed by atoms with Gasteiger partial charge in [0.25, 0.3) is 0 Å². The third kappa shape index (κ3) is 9.73. The van der Waals surface area contributed by atoms with E-state index in [1.165, 1.54) is 0 Å². The quantitative estimate of drug-likeness (QED) is 0.204. The molecule has 6 heterocycles. The van der Waals surface area contributed by atoms with Crippen molar-refractivity contribution in [2.24, 2.45) is 23.7 Å². The molecule has 0 radical (unpaired) electrons. The van der Waals surface area contributed by atoms with Gasteiger partial charge in [-0.15, -0.1) is 0 Å². The molecule has 2 bridgehead atoms. The number of carbonyl (C=O) groups is 1. The van der Waals surface area contributed by atoms with Crippen LogP contribution in [0.3, 0.4) is 0 Å². The van der Waals surface area contributed by atoms with E-state index in [0.29, 0.717) is 61.5 Å². The first-order valence-electron chi connectivity index (χ1n) is 23.2. The Morgan fingerprint density at radius 3 is 2.35 bits per heavy atom. The largest absolute Gasteiger partial charge is 0.462 e. The summed E-state index contributed by atoms with van der Waals surface area (Å²) in [7, 11) is 3.23. The van der Waals surface area contributed by atoms with Gasteiger partial charge in [0.2, 0.25) is 0 Å². The van der Waals surface area contributed by atoms with Gasteiger partial charge in [0.15, 0.2) is 18.4 Å². The Bertz CT molecular complexity index is 1680. The molecule has 0 aromatic rings. The van der Waals surface area contributed by atoms with Crippen LogP contribution in [0.25, 0.3) is 0 Å². The first-order valence-corrected chi connectivity index (χ1v) is 23.2. The lowest BCUT2D eigenvalue weighted by Gasteiger charge is -2.51. The normalized spacial score (nSPS) is 49.4. The molecule has 62 heavy (non-hydrogen) atoms. The topological polar surface area (TPSA) is 170 Å². The lowest BCUT2D eigenvalue weighted by Crippen LogP contribution is -2.58. The third-order valence-electron chi connectivity index (χ3n) is 14.9. The number of ether oxygens (including phenoxy) is 10. The van der Waals surface area contributed by atoms with Crippen molar-refractivity contribution >= 4 is 5.97 Å². The fourth-order valence-electron chi connectivity index (χ4n) is 11.0. The number of aliphatic hydroxyl groups excluding tert-OH is 2. The molecule has 0 amide bonds. The zero-order chi connectivity index (χ0) is 44.7. The van der Waals surface area contributed by atoms with Crippen LogP contribution < -0.4 is 0 Å². The van der Waals surface area contributed by atoms with Crippen molar-refractivity contribution in [3.8, 4) is 0 Å². The summed E-state index contributed by atoms with van der Waals surface area (Å²) >= 11 is 0. The molecule has 0 aromatic carbocycles. The van der Waals surface area contributed by atoms with Gasteiger partial charge >= 0.3 is 5.97 Å². The number of methoxy groups -OCH3 is 2. The zero-order valence-electron chi connectivity index (χ0n) is 38.5. The van der Waals surface area contributed by atoms with Crippen LogP contribution in [-0.2, 0) is 52.2 Å². The molecule has 1 aliphatic carbocycles. The van der Waals surface area contributed by atoms with Crippen molar-refractivity contribution in [3.63, 3.8) is 0 Å². The maximum absolute atomic E-state index is 14.4. The first kappa shape index (κ1) is 47.9. The average molecular weight is 875 g/mol. The van der Waals surface area contributed by atoms with Crippen molar-refractivity contribution in [3.05, 3.63) is 47.1 Å². The summed E-state index contributed by atoms with van der Waals surface area (Å²) in [5.74, 6) is -2.10. The molecule has 6 aliphatic heterocycles. The minimum Gasteiger partial charge on any atom is -0.462 e. The molecule has 7 rings (SSSR count). The Balaban J connectivity index is 1.18. The second-order valence-electron chi connectivity index (χ2n) is 19.4. The van der Waals surface area contributed by atoms with Crippen LogP contribution in [0.15, 0.2) is 47.1 Å². The Labute approximate surface area is 368 Å². The average Bonchev–Trinajstić information content (AvgIpc) is 3.58. The van der Waals surface area contributed by atoms with Gasteiger partial charge in [-0.05, 0) is 69.1 Å². The van der Waals surface area contributed by atoms with Crippen molar-refractivity contribution < 1.29 is 67.5 Å². The lowest BCUT2D eigenvalue weighted by molar-refractivity contribution is -0.340. The predicted octanol–water partition coefficient (Wildman–Crippen LogP) is 5.60. The van der Waals surface area contributed by atoms with E-state index in [-0.39, 0.29) is 30.8 Å². The molecule has 5 fully saturated rings. The summed E-state index contributed by atoms with van der Waals surface area (Å²) in [5.41, 5.74) is 0.188. The van der Waals surface area contributed by atoms with Crippen LogP contribution in [-0.4, -0.2) is 139 Å². The second-order valence-corrected chi connectivity index (χ2v) is 19.4. The SMILES string of the molecule is CC[C@H](C)[C@H]1O[C@]2(CC[C@@H]1C)C[C@@H]1C[C@@H](C/C=C(\C)[C@@H](O[C@H]3C[C@H](OC)[C@@H](O[C@H]4C[C@H](OC)[C@@H](O)[C@H](C)O4)[C@H](C)O3)[C@@H](C)/C=C\C=C3\CO[C@@H]4[C@H](O)C(C)=C[C@@H](C(=O)O1)[C@]34O)O2. The van der Waals surface area contributed by atoms with E-state index >= 15 is 0 Å². The summed E-state index contributed by atoms with van der Waals surface area (Å²) in [5, 5.41) is 34.2. The molecule has 1 spiro atoms. The third-order valence-corrected chi connectivity index (χ3v) is 14.9. The van der Waals surface area contributed by atoms with E-state index in [1.807, 2.05) is 19.1 Å². The van der Waals surface area contributed by atoms with Gasteiger partial charge < -0.3 is 62.7 Å². The highest BCUT2D eigenvalue weighted by Crippen LogP contribution is 2.48. The molecule has 5 saturated heterocycles. The van der Waals surface area contributed by atoms with Crippen molar-refractivity contribution in [1.82, 2.24) is 0 Å². The van der Waals surface area contributed by atoms with Crippen LogP contribution >= 0.6 is 0 Å². The van der Waals surface area contributed by atoms with Crippen molar-refractivity contribution in [1.29, 1.82) is 0 Å². The highest BCUT2D eigenvalue weighted by Gasteiger charge is 2.60. The van der Waals surface area contributed by atoms with E-state index in [0.717, 1.165) is 18.4 Å². The number of hydrogen-bond acceptors (Lipinski definition) is 14. The van der Waals surface area contributed by atoms with Crippen LogP contribution in [0.5, 0.6) is 0 Å². The minimum atomic E-state index is -1.82. The smallest absolute Gasteiger partial charge is 0.316 e. The Kier molecular flexibility index (Phi) is 15.3. The molecule has 14 heteroatoms. The molecule has 20 atom stereocenters. The first-order chi connectivity index (χ1) is 29.5. The summed E-state index contributed by atoms with van der Waals surface area (Å²) in [4.78, 5) is 14.4. The molecule has 0 unspecified atom stereocenters. The van der Waals surface area contributed by atoms with Crippen molar-refractivity contribution in [2.45, 2.75) is 204 Å². The molecular weight excluding hydrogens is 801 g/mol. The van der Waals surface area contributed by atoms with Gasteiger partial charge in [0.05, 0.1) is 49.3 Å². The summed E-state index contributed by atoms with van der Waals surface area (Å²) in [6.07, 6.45) is 6.53. The second kappa shape index (κ2) is 19.8. The Morgan fingerprint density at radius 1 is 0.919 bits per heavy atom. The molecule has 14 nitrogen and oxygen atoms in total. The molecule has 0 saturated carbocycles. The molecule has 0 aromatic heterocycles. The molecular formula is C48H74O14. The van der Waals surface area contributed by atoms with Crippen LogP contribution in [0.1, 0.15) is 107 Å². The fourth-order valence-corrected chi connectivity index (χ4v) is 11.0. The highest BCUT2D eigenvalue weighted by molar-refractivity contribution is 5.78. The number of esters is 1. The predicted molar refractivity (Wildman–Crippen MR) is 227 cm³/mol. The van der Waals surface area contributed by atoms with Gasteiger partial charge in [-0.1, -0.05) is 64.5 Å². The molecule has 350 valence electrons. The van der Waals surface area contributed by atoms with Gasteiger partial charge in [-0.3, -0.25) is 4.79 Å². The van der Waals surface area contributed by atoms with Gasteiger partial charge in [0.1, 0.15) is 42.0 Å². The van der Waals surface area contributed by atoms with E-state index in [4.69, 9.17) is 47.4 Å². The summed E-state index contributed by atoms with van der Waals surface area (Å²) in [6.45, 7) is 16.3. The summed E-state index contributed by atoms with van der Waals surface area (Å²) < 4.78 is 63.9. The van der Waals surface area contributed by atoms with Crippen LogP contribution in [0.2, 0.25) is 0 Å². The minimum absolute atomic E-state index is 0.00708. The number of hydrogen-bond donors (Lipinski definition) is 3. The number of aliphatic hydroxyl groups is 3. The number of allylic oxidation sites excluding steroid dienone is 2. The van der Waals surface area contributed by atoms with Crippen LogP contribution in [0, 0.1) is 23.7 Å². The van der Waals surface area contributed by atoms with Gasteiger partial charge in [0, 0.05) is 52.2 Å². The van der Waals surface area contributed by atoms with E-state index in [2.05, 4.69) is 40.7 Å². The van der Waals surface area contributed by atoms with Crippen molar-refractivity contribution in [2.75, 3.05) is 20.8 Å². The van der Waals surface area contributed by atoms with Gasteiger partial charge in [-0.2, -0.15) is 0 Å². The van der Waals surface area contributed by atoms with Gasteiger partial charge in [-0.25, -0.2) is 0 Å². The zero-order valence-corrected chi connectivity index (χ0v) is 38.5. The maximum atomic E-state index is 14.4. The Hall–Kier alpha value is -2.05. The molecule has 7 aliphatic rings. The standard InChI is InChI=1S/C48H74O14/c1-11-25(2)43-28(5)17-18-47(62-43)23-34-20-33(61-47)16-15-27(4)42(26(3)13-12-14-32-24-55-45-40(49)29(6)19-35(46(51)58-34)48(32,45)52)59-39-22-37(54-10)44(31(8)57-39)60-38-21-36(53-9)41(50)30(7)56-38/h12-15,19,25-26,28,30-31,33-45,49-50,52H,11,16-18,20-24H2,1-10H3/b13-12-,27-15+,32-14-/t25-,26-,28-,30-,31-,33+,34-,35-,36-,37-,38-,39-,40+,41-,42-,43+,44-,45+,47+,48+/m0/s1. The summed E-state index contributed by atoms with van der Waals surface area (Å²) in [6, 6.07) is 0. The number of rotatable bonds is 8. The fraction of sp³-hybridized carbons (Fsp3) is 0.812. The molecule has 3 N–H and O–H groups in total. The Morgan fingerprint density at radius 2 is 1.63 bits per heavy atom. The van der Waals surface area contributed by atoms with E-state index in [1.54, 1.807) is 40.2 Å². The highest BCUT2D eigenvalue weighted by atomic mass is 16.7. The lowest BCUT2D eigenvalue weighted by atomic mass is 9.71. The van der Waals surface area contributed by atoms with E-state index in [9.17, 15) is 20.1 Å². The maximum Gasteiger partial charge on any atom is 0.316 e. The van der Waals surface area contributed by atoms with E-state index < -0.39 is 90.8 Å². The number of carbonyl (C=O) groups excluding carboxylic acids is 1. The monoisotopic (exact) mass is 875 g/mol. The number of fused-ring (bicyclic) bond motifs is 2. The van der Waals surface area contributed by atoms with Crippen LogP contribution in [0.4, 0.5) is 0 Å².